The topological polar surface area (TPSA) is 47.6 Å². The molecule has 4 heteroatoms. The summed E-state index contributed by atoms with van der Waals surface area (Å²) in [6.07, 6.45) is 0. The highest BCUT2D eigenvalue weighted by molar-refractivity contribution is 5.77. The third kappa shape index (κ3) is 6.15. The van der Waals surface area contributed by atoms with Crippen LogP contribution in [-0.2, 0) is 4.79 Å². The van der Waals surface area contributed by atoms with Gasteiger partial charge >= 0.3 is 0 Å². The summed E-state index contributed by atoms with van der Waals surface area (Å²) in [6, 6.07) is 16.8. The summed E-state index contributed by atoms with van der Waals surface area (Å²) in [5.41, 5.74) is 0.924. The zero-order valence-electron chi connectivity index (χ0n) is 13.0. The van der Waals surface area contributed by atoms with Crippen molar-refractivity contribution in [1.29, 1.82) is 0 Å². The minimum Gasteiger partial charge on any atom is -0.494 e. The Kier molecular flexibility index (Phi) is 6.55. The van der Waals surface area contributed by atoms with Crippen LogP contribution in [0.15, 0.2) is 54.6 Å². The van der Waals surface area contributed by atoms with Crippen molar-refractivity contribution in [3.8, 4) is 23.3 Å². The number of nitrogens with one attached hydrogen (secondary N) is 1. The van der Waals surface area contributed by atoms with E-state index in [2.05, 4.69) is 17.2 Å². The second-order valence-corrected chi connectivity index (χ2v) is 4.64. The van der Waals surface area contributed by atoms with Gasteiger partial charge in [0.15, 0.2) is 6.61 Å². The molecule has 0 saturated heterocycles. The van der Waals surface area contributed by atoms with Gasteiger partial charge in [0.05, 0.1) is 13.2 Å². The third-order valence-corrected chi connectivity index (χ3v) is 2.89. The van der Waals surface area contributed by atoms with Crippen LogP contribution in [0.5, 0.6) is 11.5 Å². The molecular formula is C19H19NO3. The van der Waals surface area contributed by atoms with Crippen molar-refractivity contribution in [3.05, 3.63) is 60.2 Å². The maximum atomic E-state index is 11.7. The van der Waals surface area contributed by atoms with E-state index >= 15 is 0 Å². The van der Waals surface area contributed by atoms with E-state index in [0.29, 0.717) is 18.9 Å². The summed E-state index contributed by atoms with van der Waals surface area (Å²) >= 11 is 0. The fourth-order valence-corrected chi connectivity index (χ4v) is 1.81. The van der Waals surface area contributed by atoms with Crippen LogP contribution in [0, 0.1) is 11.8 Å². The van der Waals surface area contributed by atoms with E-state index in [-0.39, 0.29) is 12.5 Å². The van der Waals surface area contributed by atoms with Crippen LogP contribution in [0.4, 0.5) is 0 Å². The van der Waals surface area contributed by atoms with Crippen LogP contribution in [-0.4, -0.2) is 25.7 Å². The minimum absolute atomic E-state index is 0.0407. The molecule has 2 aromatic carbocycles. The largest absolute Gasteiger partial charge is 0.494 e. The maximum absolute atomic E-state index is 11.7. The Morgan fingerprint density at radius 3 is 2.30 bits per heavy atom. The summed E-state index contributed by atoms with van der Waals surface area (Å²) in [7, 11) is 0. The molecule has 0 saturated carbocycles. The van der Waals surface area contributed by atoms with Crippen molar-refractivity contribution in [1.82, 2.24) is 5.32 Å². The number of hydrogen-bond donors (Lipinski definition) is 1. The second-order valence-electron chi connectivity index (χ2n) is 4.64. The molecular weight excluding hydrogens is 290 g/mol. The van der Waals surface area contributed by atoms with Crippen LogP contribution < -0.4 is 14.8 Å². The molecule has 118 valence electrons. The van der Waals surface area contributed by atoms with E-state index < -0.39 is 0 Å². The average molecular weight is 309 g/mol. The molecule has 1 amide bonds. The Morgan fingerprint density at radius 2 is 1.65 bits per heavy atom. The molecule has 0 fully saturated rings. The van der Waals surface area contributed by atoms with Crippen LogP contribution in [0.2, 0.25) is 0 Å². The van der Waals surface area contributed by atoms with Gasteiger partial charge in [-0.3, -0.25) is 4.79 Å². The number of rotatable bonds is 6. The first-order chi connectivity index (χ1) is 11.3. The summed E-state index contributed by atoms with van der Waals surface area (Å²) in [5.74, 6) is 7.07. The van der Waals surface area contributed by atoms with Crippen molar-refractivity contribution >= 4 is 5.91 Å². The fraction of sp³-hybridized carbons (Fsp3) is 0.211. The van der Waals surface area contributed by atoms with Crippen molar-refractivity contribution in [2.45, 2.75) is 6.92 Å². The zero-order valence-corrected chi connectivity index (χ0v) is 13.0. The van der Waals surface area contributed by atoms with Crippen molar-refractivity contribution < 1.29 is 14.3 Å². The fourth-order valence-electron chi connectivity index (χ4n) is 1.81. The van der Waals surface area contributed by atoms with Crippen molar-refractivity contribution in [3.63, 3.8) is 0 Å². The number of carbonyl (C=O) groups is 1. The molecule has 1 N–H and O–H groups in total. The van der Waals surface area contributed by atoms with Crippen molar-refractivity contribution in [2.75, 3.05) is 19.8 Å². The molecule has 2 rings (SSSR count). The van der Waals surface area contributed by atoms with Gasteiger partial charge in [0.25, 0.3) is 5.91 Å². The molecule has 0 aliphatic heterocycles. The van der Waals surface area contributed by atoms with Gasteiger partial charge < -0.3 is 14.8 Å². The monoisotopic (exact) mass is 309 g/mol. The molecule has 0 bridgehead atoms. The summed E-state index contributed by atoms with van der Waals surface area (Å²) in [5, 5.41) is 2.69. The van der Waals surface area contributed by atoms with Crippen LogP contribution in [0.25, 0.3) is 0 Å². The van der Waals surface area contributed by atoms with Crippen molar-refractivity contribution in [2.24, 2.45) is 0 Å². The van der Waals surface area contributed by atoms with E-state index in [1.807, 2.05) is 49.4 Å². The molecule has 0 atom stereocenters. The standard InChI is InChI=1S/C19H19NO3/c1-2-22-17-10-12-18(13-11-17)23-15-19(21)20-14-6-9-16-7-4-3-5-8-16/h3-5,7-8,10-13H,2,14-15H2,1H3,(H,20,21). The Bertz CT molecular complexity index is 669. The van der Waals surface area contributed by atoms with E-state index in [9.17, 15) is 4.79 Å². The average Bonchev–Trinajstić information content (AvgIpc) is 2.59. The highest BCUT2D eigenvalue weighted by Gasteiger charge is 2.01. The molecule has 0 spiro atoms. The van der Waals surface area contributed by atoms with Gasteiger partial charge in [-0.1, -0.05) is 30.0 Å². The number of ether oxygens (including phenoxy) is 2. The summed E-state index contributed by atoms with van der Waals surface area (Å²) in [4.78, 5) is 11.7. The first-order valence-corrected chi connectivity index (χ1v) is 7.44. The molecule has 0 heterocycles. The minimum atomic E-state index is -0.207. The number of carbonyl (C=O) groups excluding carboxylic acids is 1. The maximum Gasteiger partial charge on any atom is 0.258 e. The molecule has 0 aliphatic rings. The second kappa shape index (κ2) is 9.16. The molecule has 0 aromatic heterocycles. The molecule has 2 aromatic rings. The number of hydrogen-bond acceptors (Lipinski definition) is 3. The Labute approximate surface area is 136 Å². The van der Waals surface area contributed by atoms with Gasteiger partial charge in [0.2, 0.25) is 0 Å². The smallest absolute Gasteiger partial charge is 0.258 e. The van der Waals surface area contributed by atoms with Gasteiger partial charge in [0.1, 0.15) is 11.5 Å². The predicted molar refractivity (Wildman–Crippen MR) is 89.4 cm³/mol. The van der Waals surface area contributed by atoms with Gasteiger partial charge in [-0.2, -0.15) is 0 Å². The SMILES string of the molecule is CCOc1ccc(OCC(=O)NCC#Cc2ccccc2)cc1. The van der Waals surface area contributed by atoms with E-state index in [1.54, 1.807) is 12.1 Å². The number of benzene rings is 2. The highest BCUT2D eigenvalue weighted by Crippen LogP contribution is 2.17. The van der Waals surface area contributed by atoms with Gasteiger partial charge in [-0.15, -0.1) is 0 Å². The molecule has 0 aliphatic carbocycles. The Hall–Kier alpha value is -2.93. The first-order valence-electron chi connectivity index (χ1n) is 7.44. The van der Waals surface area contributed by atoms with Gasteiger partial charge in [-0.25, -0.2) is 0 Å². The molecule has 23 heavy (non-hydrogen) atoms. The first kappa shape index (κ1) is 16.4. The van der Waals surface area contributed by atoms with Crippen LogP contribution in [0.3, 0.4) is 0 Å². The number of amides is 1. The lowest BCUT2D eigenvalue weighted by atomic mass is 10.2. The highest BCUT2D eigenvalue weighted by atomic mass is 16.5. The Morgan fingerprint density at radius 1 is 1.00 bits per heavy atom. The lowest BCUT2D eigenvalue weighted by Crippen LogP contribution is -2.29. The molecule has 0 radical (unpaired) electrons. The lowest BCUT2D eigenvalue weighted by Gasteiger charge is -2.07. The quantitative estimate of drug-likeness (QED) is 0.835. The van der Waals surface area contributed by atoms with Gasteiger partial charge in [0, 0.05) is 5.56 Å². The summed E-state index contributed by atoms with van der Waals surface area (Å²) < 4.78 is 10.7. The van der Waals surface area contributed by atoms with Crippen LogP contribution >= 0.6 is 0 Å². The predicted octanol–water partition coefficient (Wildman–Crippen LogP) is 2.63. The van der Waals surface area contributed by atoms with E-state index in [4.69, 9.17) is 9.47 Å². The van der Waals surface area contributed by atoms with Crippen LogP contribution in [0.1, 0.15) is 12.5 Å². The van der Waals surface area contributed by atoms with Gasteiger partial charge in [-0.05, 0) is 43.3 Å². The summed E-state index contributed by atoms with van der Waals surface area (Å²) in [6.45, 7) is 2.80. The Balaban J connectivity index is 1.70. The molecule has 0 unspecified atom stereocenters. The van der Waals surface area contributed by atoms with E-state index in [0.717, 1.165) is 11.3 Å². The molecule has 4 nitrogen and oxygen atoms in total. The zero-order chi connectivity index (χ0) is 16.3. The normalized spacial score (nSPS) is 9.43. The van der Waals surface area contributed by atoms with E-state index in [1.165, 1.54) is 0 Å². The lowest BCUT2D eigenvalue weighted by molar-refractivity contribution is -0.122. The third-order valence-electron chi connectivity index (χ3n) is 2.89.